The number of alkyl halides is 3. The number of hydrogen-bond acceptors (Lipinski definition) is 6. The number of pyridine rings is 1. The molecule has 0 saturated heterocycles. The number of aromatic nitrogens is 3. The third-order valence-corrected chi connectivity index (χ3v) is 4.01. The molecule has 1 amide bonds. The van der Waals surface area contributed by atoms with Crippen molar-refractivity contribution in [2.45, 2.75) is 13.1 Å². The van der Waals surface area contributed by atoms with Gasteiger partial charge in [-0.05, 0) is 37.3 Å². The Bertz CT molecular complexity index is 941. The van der Waals surface area contributed by atoms with Crippen LogP contribution >= 0.6 is 11.3 Å². The topological polar surface area (TPSA) is 79.8 Å². The molecule has 26 heavy (non-hydrogen) atoms. The summed E-state index contributed by atoms with van der Waals surface area (Å²) in [5.74, 6) is -0.366. The molecule has 0 saturated carbocycles. The van der Waals surface area contributed by atoms with E-state index in [1.807, 2.05) is 0 Å². The standard InChI is InChI=1S/C16H12F3N5OS/c1-9-23-24-15(26-9)22-14(25)12-6-3-7-20-13(12)21-11-5-2-4-10(8-11)16(17,18)19/h2-8H,1H3,(H,20,21)(H,22,24,25). The summed E-state index contributed by atoms with van der Waals surface area (Å²) in [7, 11) is 0. The monoisotopic (exact) mass is 379 g/mol. The number of amides is 1. The van der Waals surface area contributed by atoms with Crippen molar-refractivity contribution in [3.05, 3.63) is 58.7 Å². The molecule has 0 unspecified atom stereocenters. The summed E-state index contributed by atoms with van der Waals surface area (Å²) in [6.45, 7) is 1.75. The first kappa shape index (κ1) is 17.8. The molecule has 2 heterocycles. The van der Waals surface area contributed by atoms with Gasteiger partial charge in [0.1, 0.15) is 10.8 Å². The Kier molecular flexibility index (Phi) is 4.85. The van der Waals surface area contributed by atoms with E-state index in [9.17, 15) is 18.0 Å². The molecule has 0 bridgehead atoms. The van der Waals surface area contributed by atoms with Gasteiger partial charge < -0.3 is 5.32 Å². The van der Waals surface area contributed by atoms with E-state index in [1.165, 1.54) is 35.7 Å². The number of aryl methyl sites for hydroxylation is 1. The van der Waals surface area contributed by atoms with Gasteiger partial charge >= 0.3 is 6.18 Å². The molecule has 6 nitrogen and oxygen atoms in total. The molecule has 0 fully saturated rings. The summed E-state index contributed by atoms with van der Waals surface area (Å²) >= 11 is 1.21. The van der Waals surface area contributed by atoms with Gasteiger partial charge in [-0.1, -0.05) is 17.4 Å². The molecule has 0 aliphatic heterocycles. The van der Waals surface area contributed by atoms with Gasteiger partial charge in [0.05, 0.1) is 11.1 Å². The van der Waals surface area contributed by atoms with Gasteiger partial charge in [-0.3, -0.25) is 10.1 Å². The fourth-order valence-corrected chi connectivity index (χ4v) is 2.70. The lowest BCUT2D eigenvalue weighted by Crippen LogP contribution is -2.14. The van der Waals surface area contributed by atoms with Gasteiger partial charge in [-0.2, -0.15) is 13.2 Å². The molecule has 3 aromatic rings. The molecule has 1 aromatic carbocycles. The summed E-state index contributed by atoms with van der Waals surface area (Å²) < 4.78 is 38.5. The maximum atomic E-state index is 12.8. The summed E-state index contributed by atoms with van der Waals surface area (Å²) in [6, 6.07) is 7.71. The third-order valence-electron chi connectivity index (χ3n) is 3.25. The minimum absolute atomic E-state index is 0.130. The molecular weight excluding hydrogens is 367 g/mol. The number of benzene rings is 1. The van der Waals surface area contributed by atoms with Crippen molar-refractivity contribution < 1.29 is 18.0 Å². The molecule has 2 N–H and O–H groups in total. The molecule has 0 atom stereocenters. The second-order valence-electron chi connectivity index (χ2n) is 5.18. The van der Waals surface area contributed by atoms with Crippen molar-refractivity contribution in [3.63, 3.8) is 0 Å². The van der Waals surface area contributed by atoms with Crippen LogP contribution in [0.25, 0.3) is 0 Å². The molecule has 134 valence electrons. The van der Waals surface area contributed by atoms with Gasteiger partial charge in [0, 0.05) is 11.9 Å². The quantitative estimate of drug-likeness (QED) is 0.708. The van der Waals surface area contributed by atoms with E-state index in [2.05, 4.69) is 25.8 Å². The highest BCUT2D eigenvalue weighted by molar-refractivity contribution is 7.15. The summed E-state index contributed by atoms with van der Waals surface area (Å²) in [6.07, 6.45) is -3.03. The van der Waals surface area contributed by atoms with Crippen LogP contribution in [-0.4, -0.2) is 21.1 Å². The normalized spacial score (nSPS) is 11.2. The van der Waals surface area contributed by atoms with E-state index in [0.717, 1.165) is 12.1 Å². The molecule has 0 aliphatic carbocycles. The second-order valence-corrected chi connectivity index (χ2v) is 6.37. The zero-order chi connectivity index (χ0) is 18.7. The van der Waals surface area contributed by atoms with E-state index >= 15 is 0 Å². The second kappa shape index (κ2) is 7.08. The number of anilines is 3. The van der Waals surface area contributed by atoms with E-state index in [1.54, 1.807) is 13.0 Å². The van der Waals surface area contributed by atoms with Crippen molar-refractivity contribution >= 4 is 33.9 Å². The smallest absolute Gasteiger partial charge is 0.340 e. The van der Waals surface area contributed by atoms with Gasteiger partial charge in [-0.25, -0.2) is 4.98 Å². The molecule has 10 heteroatoms. The van der Waals surface area contributed by atoms with Gasteiger partial charge in [0.2, 0.25) is 5.13 Å². The lowest BCUT2D eigenvalue weighted by Gasteiger charge is -2.12. The minimum Gasteiger partial charge on any atom is -0.340 e. The van der Waals surface area contributed by atoms with Crippen LogP contribution in [-0.2, 0) is 6.18 Å². The number of hydrogen-bond donors (Lipinski definition) is 2. The lowest BCUT2D eigenvalue weighted by atomic mass is 10.2. The van der Waals surface area contributed by atoms with E-state index in [-0.39, 0.29) is 17.1 Å². The Morgan fingerprint density at radius 1 is 1.15 bits per heavy atom. The predicted molar refractivity (Wildman–Crippen MR) is 91.6 cm³/mol. The number of nitrogens with one attached hydrogen (secondary N) is 2. The van der Waals surface area contributed by atoms with Crippen molar-refractivity contribution in [1.82, 2.24) is 15.2 Å². The highest BCUT2D eigenvalue weighted by Gasteiger charge is 2.30. The number of rotatable bonds is 4. The van der Waals surface area contributed by atoms with Gasteiger partial charge in [0.25, 0.3) is 5.91 Å². The molecule has 0 spiro atoms. The summed E-state index contributed by atoms with van der Waals surface area (Å²) in [5, 5.41) is 14.0. The van der Waals surface area contributed by atoms with Crippen LogP contribution in [0.3, 0.4) is 0 Å². The first-order chi connectivity index (χ1) is 12.3. The number of carbonyl (C=O) groups is 1. The Balaban J connectivity index is 1.84. The molecule has 3 rings (SSSR count). The van der Waals surface area contributed by atoms with E-state index in [4.69, 9.17) is 0 Å². The number of halogens is 3. The van der Waals surface area contributed by atoms with Gasteiger partial charge in [0.15, 0.2) is 0 Å². The fraction of sp³-hybridized carbons (Fsp3) is 0.125. The van der Waals surface area contributed by atoms with E-state index < -0.39 is 17.6 Å². The number of carbonyl (C=O) groups excluding carboxylic acids is 1. The average molecular weight is 379 g/mol. The van der Waals surface area contributed by atoms with Crippen LogP contribution in [0.4, 0.5) is 29.8 Å². The largest absolute Gasteiger partial charge is 0.416 e. The predicted octanol–water partition coefficient (Wildman–Crippen LogP) is 4.26. The summed E-state index contributed by atoms with van der Waals surface area (Å²) in [5.41, 5.74) is -0.467. The summed E-state index contributed by atoms with van der Waals surface area (Å²) in [4.78, 5) is 16.5. The van der Waals surface area contributed by atoms with Gasteiger partial charge in [-0.15, -0.1) is 10.2 Å². The molecular formula is C16H12F3N5OS. The molecule has 2 aromatic heterocycles. The van der Waals surface area contributed by atoms with Crippen molar-refractivity contribution in [2.75, 3.05) is 10.6 Å². The van der Waals surface area contributed by atoms with Crippen LogP contribution in [0.15, 0.2) is 42.6 Å². The Morgan fingerprint density at radius 3 is 2.65 bits per heavy atom. The third kappa shape index (κ3) is 4.14. The Hall–Kier alpha value is -3.01. The first-order valence-electron chi connectivity index (χ1n) is 7.34. The van der Waals surface area contributed by atoms with Crippen molar-refractivity contribution in [1.29, 1.82) is 0 Å². The Morgan fingerprint density at radius 2 is 1.96 bits per heavy atom. The van der Waals surface area contributed by atoms with Crippen molar-refractivity contribution in [2.24, 2.45) is 0 Å². The Labute approximate surface area is 150 Å². The lowest BCUT2D eigenvalue weighted by molar-refractivity contribution is -0.137. The van der Waals surface area contributed by atoms with Crippen LogP contribution < -0.4 is 10.6 Å². The maximum Gasteiger partial charge on any atom is 0.416 e. The maximum absolute atomic E-state index is 12.8. The fourth-order valence-electron chi connectivity index (χ4n) is 2.11. The van der Waals surface area contributed by atoms with E-state index in [0.29, 0.717) is 10.1 Å². The minimum atomic E-state index is -4.46. The number of nitrogens with zero attached hydrogens (tertiary/aromatic N) is 3. The highest BCUT2D eigenvalue weighted by Crippen LogP contribution is 2.31. The average Bonchev–Trinajstić information content (AvgIpc) is 2.99. The zero-order valence-corrected chi connectivity index (χ0v) is 14.1. The van der Waals surface area contributed by atoms with Crippen LogP contribution in [0.5, 0.6) is 0 Å². The SMILES string of the molecule is Cc1nnc(NC(=O)c2cccnc2Nc2cccc(C(F)(F)F)c2)s1. The van der Waals surface area contributed by atoms with Crippen LogP contribution in [0.2, 0.25) is 0 Å². The van der Waals surface area contributed by atoms with Crippen LogP contribution in [0, 0.1) is 6.92 Å². The molecule has 0 radical (unpaired) electrons. The van der Waals surface area contributed by atoms with Crippen molar-refractivity contribution in [3.8, 4) is 0 Å². The first-order valence-corrected chi connectivity index (χ1v) is 8.15. The van der Waals surface area contributed by atoms with Crippen LogP contribution in [0.1, 0.15) is 20.9 Å². The molecule has 0 aliphatic rings. The zero-order valence-electron chi connectivity index (χ0n) is 13.3. The highest BCUT2D eigenvalue weighted by atomic mass is 32.1.